The number of piperidine rings is 1. The minimum Gasteiger partial charge on any atom is -0.361 e. The Morgan fingerprint density at radius 2 is 1.78 bits per heavy atom. The zero-order valence-corrected chi connectivity index (χ0v) is 15.8. The molecule has 1 aliphatic heterocycles. The first-order chi connectivity index (χ1) is 13.2. The molecule has 8 heteroatoms. The van der Waals surface area contributed by atoms with Gasteiger partial charge in [-0.25, -0.2) is 9.97 Å². The second-order valence-corrected chi connectivity index (χ2v) is 7.72. The van der Waals surface area contributed by atoms with Crippen LogP contribution in [-0.2, 0) is 0 Å². The first-order valence-electron chi connectivity index (χ1n) is 9.66. The van der Waals surface area contributed by atoms with E-state index in [1.807, 2.05) is 47.9 Å². The van der Waals surface area contributed by atoms with E-state index in [0.29, 0.717) is 11.8 Å². The van der Waals surface area contributed by atoms with E-state index in [-0.39, 0.29) is 0 Å². The van der Waals surface area contributed by atoms with Gasteiger partial charge in [-0.05, 0) is 43.9 Å². The van der Waals surface area contributed by atoms with Crippen LogP contribution in [0.1, 0.15) is 49.2 Å². The van der Waals surface area contributed by atoms with Gasteiger partial charge in [0.1, 0.15) is 17.5 Å². The van der Waals surface area contributed by atoms with E-state index in [4.69, 9.17) is 10.1 Å². The number of hydrogen-bond donors (Lipinski definition) is 0. The van der Waals surface area contributed by atoms with Gasteiger partial charge < -0.3 is 9.80 Å². The van der Waals surface area contributed by atoms with Gasteiger partial charge in [0.15, 0.2) is 11.5 Å². The lowest BCUT2D eigenvalue weighted by molar-refractivity contribution is 0.474. The molecule has 0 aromatic carbocycles. The van der Waals surface area contributed by atoms with Crippen LogP contribution >= 0.6 is 0 Å². The third kappa shape index (κ3) is 3.09. The van der Waals surface area contributed by atoms with E-state index < -0.39 is 0 Å². The fraction of sp³-hybridized carbons (Fsp3) is 0.526. The number of anilines is 2. The summed E-state index contributed by atoms with van der Waals surface area (Å²) < 4.78 is 1.91. The summed E-state index contributed by atoms with van der Waals surface area (Å²) in [7, 11) is 3.99. The summed E-state index contributed by atoms with van der Waals surface area (Å²) in [5.74, 6) is 4.90. The number of fused-ring (bicyclic) bond motifs is 1. The Bertz CT molecular complexity index is 953. The summed E-state index contributed by atoms with van der Waals surface area (Å²) in [6.45, 7) is 1.93. The van der Waals surface area contributed by atoms with Gasteiger partial charge >= 0.3 is 0 Å². The average molecular weight is 364 g/mol. The van der Waals surface area contributed by atoms with Crippen LogP contribution in [0.5, 0.6) is 0 Å². The Balaban J connectivity index is 1.34. The molecule has 0 unspecified atom stereocenters. The molecule has 4 heterocycles. The maximum atomic E-state index is 4.79. The maximum Gasteiger partial charge on any atom is 0.178 e. The van der Waals surface area contributed by atoms with Crippen molar-refractivity contribution in [1.82, 2.24) is 29.8 Å². The standard InChI is InChI=1S/C19H24N8/c1-25(2)17-6-5-16-22-23-19(27(16)24-17)14-8-11-26(12-9-14)15-7-10-20-18(21-15)13-3-4-13/h5-7,10,13-14H,3-4,8-9,11-12H2,1-2H3. The van der Waals surface area contributed by atoms with Crippen LogP contribution in [-0.4, -0.2) is 57.0 Å². The van der Waals surface area contributed by atoms with Gasteiger partial charge in [-0.3, -0.25) is 0 Å². The molecule has 2 aliphatic rings. The van der Waals surface area contributed by atoms with Crippen molar-refractivity contribution in [2.24, 2.45) is 0 Å². The molecular formula is C19H24N8. The lowest BCUT2D eigenvalue weighted by Gasteiger charge is -2.32. The third-order valence-corrected chi connectivity index (χ3v) is 5.52. The van der Waals surface area contributed by atoms with E-state index in [2.05, 4.69) is 20.1 Å². The van der Waals surface area contributed by atoms with Crippen molar-refractivity contribution >= 4 is 17.3 Å². The molecule has 0 N–H and O–H groups in total. The summed E-state index contributed by atoms with van der Waals surface area (Å²) in [6, 6.07) is 5.99. The van der Waals surface area contributed by atoms with Crippen molar-refractivity contribution in [2.75, 3.05) is 37.0 Å². The normalized spacial score (nSPS) is 18.2. The summed E-state index contributed by atoms with van der Waals surface area (Å²) >= 11 is 0. The van der Waals surface area contributed by atoms with Gasteiger partial charge in [0.05, 0.1) is 0 Å². The fourth-order valence-electron chi connectivity index (χ4n) is 3.73. The topological polar surface area (TPSA) is 75.3 Å². The Morgan fingerprint density at radius 1 is 0.963 bits per heavy atom. The summed E-state index contributed by atoms with van der Waals surface area (Å²) in [4.78, 5) is 13.6. The monoisotopic (exact) mass is 364 g/mol. The highest BCUT2D eigenvalue weighted by Gasteiger charge is 2.29. The van der Waals surface area contributed by atoms with Crippen LogP contribution in [0.2, 0.25) is 0 Å². The zero-order valence-electron chi connectivity index (χ0n) is 15.8. The van der Waals surface area contributed by atoms with Gasteiger partial charge in [-0.15, -0.1) is 15.3 Å². The summed E-state index contributed by atoms with van der Waals surface area (Å²) in [6.07, 6.45) is 6.41. The molecule has 5 rings (SSSR count). The lowest BCUT2D eigenvalue weighted by atomic mass is 9.96. The van der Waals surface area contributed by atoms with E-state index in [1.54, 1.807) is 0 Å². The smallest absolute Gasteiger partial charge is 0.178 e. The molecule has 8 nitrogen and oxygen atoms in total. The molecule has 0 bridgehead atoms. The number of nitrogens with zero attached hydrogens (tertiary/aromatic N) is 8. The van der Waals surface area contributed by atoms with E-state index in [0.717, 1.165) is 54.9 Å². The Morgan fingerprint density at radius 3 is 2.52 bits per heavy atom. The molecule has 1 saturated heterocycles. The predicted molar refractivity (Wildman–Crippen MR) is 103 cm³/mol. The van der Waals surface area contributed by atoms with E-state index in [9.17, 15) is 0 Å². The number of aromatic nitrogens is 6. The largest absolute Gasteiger partial charge is 0.361 e. The van der Waals surface area contributed by atoms with Crippen LogP contribution in [0, 0.1) is 0 Å². The molecule has 140 valence electrons. The second kappa shape index (κ2) is 6.44. The molecule has 0 atom stereocenters. The van der Waals surface area contributed by atoms with Gasteiger partial charge in [0.25, 0.3) is 0 Å². The minimum atomic E-state index is 0.367. The molecule has 3 aromatic rings. The van der Waals surface area contributed by atoms with Crippen LogP contribution in [0.4, 0.5) is 11.6 Å². The lowest BCUT2D eigenvalue weighted by Crippen LogP contribution is -2.34. The van der Waals surface area contributed by atoms with Crippen LogP contribution in [0.25, 0.3) is 5.65 Å². The van der Waals surface area contributed by atoms with Crippen molar-refractivity contribution in [3.8, 4) is 0 Å². The van der Waals surface area contributed by atoms with Crippen molar-refractivity contribution < 1.29 is 0 Å². The SMILES string of the molecule is CN(C)c1ccc2nnc(C3CCN(c4ccnc(C5CC5)n4)CC3)n2n1. The third-order valence-electron chi connectivity index (χ3n) is 5.52. The molecule has 0 radical (unpaired) electrons. The minimum absolute atomic E-state index is 0.367. The molecule has 3 aromatic heterocycles. The van der Waals surface area contributed by atoms with Crippen LogP contribution in [0.15, 0.2) is 24.4 Å². The Kier molecular flexibility index (Phi) is 3.91. The fourth-order valence-corrected chi connectivity index (χ4v) is 3.73. The molecule has 2 fully saturated rings. The number of rotatable bonds is 4. The number of hydrogen-bond acceptors (Lipinski definition) is 7. The van der Waals surface area contributed by atoms with Gasteiger partial charge in [-0.2, -0.15) is 4.52 Å². The zero-order chi connectivity index (χ0) is 18.4. The summed E-state index contributed by atoms with van der Waals surface area (Å²) in [5.41, 5.74) is 0.808. The van der Waals surface area contributed by atoms with Gasteiger partial charge in [0.2, 0.25) is 0 Å². The highest BCUT2D eigenvalue weighted by atomic mass is 15.4. The van der Waals surface area contributed by atoms with E-state index in [1.165, 1.54) is 12.8 Å². The highest BCUT2D eigenvalue weighted by molar-refractivity contribution is 5.45. The molecule has 27 heavy (non-hydrogen) atoms. The quantitative estimate of drug-likeness (QED) is 0.703. The molecular weight excluding hydrogens is 340 g/mol. The molecule has 0 spiro atoms. The van der Waals surface area contributed by atoms with Crippen molar-refractivity contribution in [3.05, 3.63) is 36.0 Å². The maximum absolute atomic E-state index is 4.79. The second-order valence-electron chi connectivity index (χ2n) is 7.72. The molecule has 1 saturated carbocycles. The van der Waals surface area contributed by atoms with Gasteiger partial charge in [0, 0.05) is 45.2 Å². The molecule has 1 aliphatic carbocycles. The average Bonchev–Trinajstić information content (AvgIpc) is 3.47. The highest BCUT2D eigenvalue weighted by Crippen LogP contribution is 2.38. The van der Waals surface area contributed by atoms with Crippen molar-refractivity contribution in [3.63, 3.8) is 0 Å². The predicted octanol–water partition coefficient (Wildman–Crippen LogP) is 2.24. The van der Waals surface area contributed by atoms with Crippen LogP contribution < -0.4 is 9.80 Å². The summed E-state index contributed by atoms with van der Waals surface area (Å²) in [5, 5.41) is 13.5. The first-order valence-corrected chi connectivity index (χ1v) is 9.66. The van der Waals surface area contributed by atoms with Crippen molar-refractivity contribution in [1.29, 1.82) is 0 Å². The Hall–Kier alpha value is -2.77. The Labute approximate surface area is 158 Å². The van der Waals surface area contributed by atoms with Gasteiger partial charge in [-0.1, -0.05) is 0 Å². The van der Waals surface area contributed by atoms with Crippen molar-refractivity contribution in [2.45, 2.75) is 37.5 Å². The molecule has 0 amide bonds. The van der Waals surface area contributed by atoms with Crippen LogP contribution in [0.3, 0.4) is 0 Å². The van der Waals surface area contributed by atoms with E-state index >= 15 is 0 Å². The first kappa shape index (κ1) is 16.4.